The number of hydrogen-bond acceptors (Lipinski definition) is 5. The number of nitrogens with zero attached hydrogens (tertiary/aromatic N) is 2. The van der Waals surface area contributed by atoms with E-state index in [0.29, 0.717) is 6.54 Å². The average Bonchev–Trinajstić information content (AvgIpc) is 2.42. The van der Waals surface area contributed by atoms with Crippen LogP contribution in [0.25, 0.3) is 0 Å². The van der Waals surface area contributed by atoms with Gasteiger partial charge in [0.1, 0.15) is 11.3 Å². The molecule has 0 aromatic heterocycles. The highest BCUT2D eigenvalue weighted by Crippen LogP contribution is 2.28. The molecule has 0 bridgehead atoms. The number of nitro groups is 1. The number of nitrogens with one attached hydrogen (secondary N) is 1. The number of benzene rings is 1. The van der Waals surface area contributed by atoms with E-state index in [1.54, 1.807) is 13.1 Å². The molecule has 0 heterocycles. The van der Waals surface area contributed by atoms with Crippen molar-refractivity contribution in [1.29, 1.82) is 0 Å². The normalized spacial score (nSPS) is 10.1. The molecular weight excluding hydrogens is 248 g/mol. The van der Waals surface area contributed by atoms with E-state index >= 15 is 0 Å². The van der Waals surface area contributed by atoms with Crippen LogP contribution in [0, 0.1) is 10.1 Å². The van der Waals surface area contributed by atoms with Crippen molar-refractivity contribution in [3.8, 4) is 0 Å². The molecular formula is C12H18N4O3. The van der Waals surface area contributed by atoms with Gasteiger partial charge in [0.2, 0.25) is 0 Å². The SMILES string of the molecule is CCCCN(C)C(=O)c1cccc(NN)c1[N+](=O)[O-]. The number of carbonyl (C=O) groups is 1. The maximum atomic E-state index is 12.2. The van der Waals surface area contributed by atoms with Crippen LogP contribution in [0.2, 0.25) is 0 Å². The highest BCUT2D eigenvalue weighted by atomic mass is 16.6. The predicted molar refractivity (Wildman–Crippen MR) is 72.8 cm³/mol. The van der Waals surface area contributed by atoms with Gasteiger partial charge in [-0.1, -0.05) is 19.4 Å². The fourth-order valence-electron chi connectivity index (χ4n) is 1.73. The summed E-state index contributed by atoms with van der Waals surface area (Å²) in [6, 6.07) is 4.45. The quantitative estimate of drug-likeness (QED) is 0.464. The van der Waals surface area contributed by atoms with Crippen molar-refractivity contribution in [3.05, 3.63) is 33.9 Å². The van der Waals surface area contributed by atoms with Crippen LogP contribution < -0.4 is 11.3 Å². The summed E-state index contributed by atoms with van der Waals surface area (Å²) in [7, 11) is 1.63. The summed E-state index contributed by atoms with van der Waals surface area (Å²) in [4.78, 5) is 24.2. The second kappa shape index (κ2) is 6.69. The van der Waals surface area contributed by atoms with Gasteiger partial charge in [0.25, 0.3) is 5.91 Å². The summed E-state index contributed by atoms with van der Waals surface area (Å²) in [6.07, 6.45) is 1.80. The van der Waals surface area contributed by atoms with Gasteiger partial charge < -0.3 is 10.3 Å². The van der Waals surface area contributed by atoms with E-state index in [1.807, 2.05) is 6.92 Å². The lowest BCUT2D eigenvalue weighted by Gasteiger charge is -2.17. The molecule has 1 amide bonds. The van der Waals surface area contributed by atoms with Gasteiger partial charge in [-0.3, -0.25) is 20.8 Å². The van der Waals surface area contributed by atoms with Crippen molar-refractivity contribution < 1.29 is 9.72 Å². The lowest BCUT2D eigenvalue weighted by Crippen LogP contribution is -2.28. The molecule has 7 heteroatoms. The minimum atomic E-state index is -0.601. The van der Waals surface area contributed by atoms with Gasteiger partial charge in [-0.05, 0) is 18.6 Å². The Kier molecular flexibility index (Phi) is 5.25. The van der Waals surface area contributed by atoms with Crippen molar-refractivity contribution in [3.63, 3.8) is 0 Å². The molecule has 0 fully saturated rings. The van der Waals surface area contributed by atoms with Gasteiger partial charge in [0, 0.05) is 13.6 Å². The van der Waals surface area contributed by atoms with Gasteiger partial charge in [0.15, 0.2) is 0 Å². The average molecular weight is 266 g/mol. The molecule has 104 valence electrons. The molecule has 0 radical (unpaired) electrons. The summed E-state index contributed by atoms with van der Waals surface area (Å²) < 4.78 is 0. The molecule has 0 atom stereocenters. The van der Waals surface area contributed by atoms with Crippen molar-refractivity contribution in [2.24, 2.45) is 5.84 Å². The molecule has 0 saturated carbocycles. The smallest absolute Gasteiger partial charge is 0.306 e. The summed E-state index contributed by atoms with van der Waals surface area (Å²) in [5.74, 6) is 4.86. The molecule has 7 nitrogen and oxygen atoms in total. The third-order valence-electron chi connectivity index (χ3n) is 2.80. The van der Waals surface area contributed by atoms with Gasteiger partial charge in [-0.2, -0.15) is 0 Å². The predicted octanol–water partition coefficient (Wildman–Crippen LogP) is 1.75. The zero-order chi connectivity index (χ0) is 14.4. The summed E-state index contributed by atoms with van der Waals surface area (Å²) in [5.41, 5.74) is 2.11. The number of rotatable bonds is 6. The number of nitrogen functional groups attached to an aromatic ring is 1. The molecule has 1 aromatic rings. The zero-order valence-corrected chi connectivity index (χ0v) is 11.0. The van der Waals surface area contributed by atoms with Crippen LogP contribution in [0.1, 0.15) is 30.1 Å². The first-order valence-corrected chi connectivity index (χ1v) is 6.02. The van der Waals surface area contributed by atoms with E-state index in [4.69, 9.17) is 5.84 Å². The monoisotopic (exact) mass is 266 g/mol. The molecule has 0 aliphatic carbocycles. The Morgan fingerprint density at radius 3 is 2.74 bits per heavy atom. The lowest BCUT2D eigenvalue weighted by atomic mass is 10.1. The van der Waals surface area contributed by atoms with E-state index in [0.717, 1.165) is 12.8 Å². The number of anilines is 1. The van der Waals surface area contributed by atoms with Crippen LogP contribution in [0.4, 0.5) is 11.4 Å². The maximum absolute atomic E-state index is 12.2. The van der Waals surface area contributed by atoms with E-state index in [-0.39, 0.29) is 22.8 Å². The van der Waals surface area contributed by atoms with Gasteiger partial charge in [-0.15, -0.1) is 0 Å². The topological polar surface area (TPSA) is 102 Å². The minimum absolute atomic E-state index is 0.0408. The van der Waals surface area contributed by atoms with Crippen LogP contribution >= 0.6 is 0 Å². The van der Waals surface area contributed by atoms with E-state index in [1.165, 1.54) is 17.0 Å². The van der Waals surface area contributed by atoms with Crippen LogP contribution in [0.15, 0.2) is 18.2 Å². The number of hydrogen-bond donors (Lipinski definition) is 2. The van der Waals surface area contributed by atoms with Crippen molar-refractivity contribution >= 4 is 17.3 Å². The number of carbonyl (C=O) groups excluding carboxylic acids is 1. The number of hydrazine groups is 1. The van der Waals surface area contributed by atoms with Gasteiger partial charge >= 0.3 is 5.69 Å². The van der Waals surface area contributed by atoms with Gasteiger partial charge in [-0.25, -0.2) is 0 Å². The minimum Gasteiger partial charge on any atom is -0.341 e. The Bertz CT molecular complexity index is 476. The number of nitrogens with two attached hydrogens (primary N) is 1. The molecule has 0 aliphatic heterocycles. The first kappa shape index (κ1) is 14.9. The van der Waals surface area contributed by atoms with Crippen LogP contribution in [-0.2, 0) is 0 Å². The Morgan fingerprint density at radius 1 is 1.53 bits per heavy atom. The second-order valence-corrected chi connectivity index (χ2v) is 4.18. The van der Waals surface area contributed by atoms with Crippen LogP contribution in [0.5, 0.6) is 0 Å². The molecule has 0 spiro atoms. The Hall–Kier alpha value is -2.15. The van der Waals surface area contributed by atoms with E-state index in [2.05, 4.69) is 5.43 Å². The second-order valence-electron chi connectivity index (χ2n) is 4.18. The first-order chi connectivity index (χ1) is 9.02. The maximum Gasteiger partial charge on any atom is 0.306 e. The molecule has 0 unspecified atom stereocenters. The Morgan fingerprint density at radius 2 is 2.21 bits per heavy atom. The fourth-order valence-corrected chi connectivity index (χ4v) is 1.73. The van der Waals surface area contributed by atoms with Crippen LogP contribution in [-0.4, -0.2) is 29.3 Å². The number of para-hydroxylation sites is 1. The molecule has 19 heavy (non-hydrogen) atoms. The third kappa shape index (κ3) is 3.41. The lowest BCUT2D eigenvalue weighted by molar-refractivity contribution is -0.384. The molecule has 0 saturated heterocycles. The van der Waals surface area contributed by atoms with Crippen molar-refractivity contribution in [2.75, 3.05) is 19.0 Å². The Balaban J connectivity index is 3.12. The largest absolute Gasteiger partial charge is 0.341 e. The Labute approximate surface area is 111 Å². The number of nitro benzene ring substituents is 1. The van der Waals surface area contributed by atoms with Crippen molar-refractivity contribution in [2.45, 2.75) is 19.8 Å². The first-order valence-electron chi connectivity index (χ1n) is 6.02. The van der Waals surface area contributed by atoms with Gasteiger partial charge in [0.05, 0.1) is 4.92 Å². The van der Waals surface area contributed by atoms with Crippen molar-refractivity contribution in [1.82, 2.24) is 4.90 Å². The summed E-state index contributed by atoms with van der Waals surface area (Å²) in [6.45, 7) is 2.58. The highest BCUT2D eigenvalue weighted by Gasteiger charge is 2.25. The molecule has 1 rings (SSSR count). The summed E-state index contributed by atoms with van der Waals surface area (Å²) >= 11 is 0. The number of amides is 1. The number of unbranched alkanes of at least 4 members (excludes halogenated alkanes) is 1. The van der Waals surface area contributed by atoms with Crippen LogP contribution in [0.3, 0.4) is 0 Å². The molecule has 1 aromatic carbocycles. The summed E-state index contributed by atoms with van der Waals surface area (Å²) in [5, 5.41) is 11.1. The third-order valence-corrected chi connectivity index (χ3v) is 2.80. The molecule has 0 aliphatic rings. The van der Waals surface area contributed by atoms with E-state index < -0.39 is 4.92 Å². The molecule has 3 N–H and O–H groups in total. The highest BCUT2D eigenvalue weighted by molar-refractivity contribution is 6.00. The zero-order valence-electron chi connectivity index (χ0n) is 11.0. The van der Waals surface area contributed by atoms with E-state index in [9.17, 15) is 14.9 Å². The fraction of sp³-hybridized carbons (Fsp3) is 0.417. The standard InChI is InChI=1S/C12H18N4O3/c1-3-4-8-15(2)12(17)9-6-5-7-10(14-13)11(9)16(18)19/h5-7,14H,3-4,8,13H2,1-2H3.